The van der Waals surface area contributed by atoms with E-state index < -0.39 is 10.8 Å². The maximum Gasteiger partial charge on any atom is 0.283 e. The van der Waals surface area contributed by atoms with Crippen molar-refractivity contribution >= 4 is 29.4 Å². The van der Waals surface area contributed by atoms with Crippen molar-refractivity contribution in [3.05, 3.63) is 69.3 Å². The molecule has 0 atom stereocenters. The molecule has 8 heteroatoms. The van der Waals surface area contributed by atoms with Crippen molar-refractivity contribution in [1.29, 1.82) is 5.26 Å². The fraction of sp³-hybridized carbons (Fsp3) is 0.238. The van der Waals surface area contributed by atoms with E-state index >= 15 is 0 Å². The van der Waals surface area contributed by atoms with Crippen LogP contribution in [0, 0.1) is 28.4 Å². The first kappa shape index (κ1) is 20.6. The Morgan fingerprint density at radius 1 is 1.24 bits per heavy atom. The molecule has 0 unspecified atom stereocenters. The summed E-state index contributed by atoms with van der Waals surface area (Å²) < 4.78 is 5.22. The van der Waals surface area contributed by atoms with Gasteiger partial charge >= 0.3 is 0 Å². The van der Waals surface area contributed by atoms with Crippen molar-refractivity contribution in [1.82, 2.24) is 4.90 Å². The van der Waals surface area contributed by atoms with Gasteiger partial charge in [-0.15, -0.1) is 0 Å². The zero-order valence-electron chi connectivity index (χ0n) is 15.8. The number of ether oxygens (including phenoxy) is 1. The van der Waals surface area contributed by atoms with Crippen LogP contribution in [0.5, 0.6) is 0 Å². The summed E-state index contributed by atoms with van der Waals surface area (Å²) in [5, 5.41) is 21.0. The van der Waals surface area contributed by atoms with Crippen LogP contribution in [0.4, 0.5) is 5.69 Å². The molecule has 7 nitrogen and oxygen atoms in total. The van der Waals surface area contributed by atoms with E-state index in [1.165, 1.54) is 23.9 Å². The van der Waals surface area contributed by atoms with Crippen molar-refractivity contribution in [2.45, 2.75) is 16.7 Å². The average Bonchev–Trinajstić information content (AvgIpc) is 2.74. The van der Waals surface area contributed by atoms with E-state index in [0.29, 0.717) is 36.8 Å². The molecular weight excluding hydrogens is 390 g/mol. The summed E-state index contributed by atoms with van der Waals surface area (Å²) in [5.41, 5.74) is 1.42. The Morgan fingerprint density at radius 3 is 2.55 bits per heavy atom. The molecule has 0 saturated carbocycles. The van der Waals surface area contributed by atoms with Gasteiger partial charge < -0.3 is 9.64 Å². The number of aryl methyl sites for hydroxylation is 1. The monoisotopic (exact) mass is 409 g/mol. The first-order chi connectivity index (χ1) is 14.0. The van der Waals surface area contributed by atoms with Crippen molar-refractivity contribution < 1.29 is 14.5 Å². The quantitative estimate of drug-likeness (QED) is 0.322. The van der Waals surface area contributed by atoms with Crippen LogP contribution in [0.3, 0.4) is 0 Å². The molecule has 1 heterocycles. The minimum atomic E-state index is -0.455. The molecule has 3 rings (SSSR count). The Labute approximate surface area is 172 Å². The van der Waals surface area contributed by atoms with Gasteiger partial charge in [0.05, 0.1) is 23.0 Å². The third kappa shape index (κ3) is 5.22. The second-order valence-corrected chi connectivity index (χ2v) is 7.59. The van der Waals surface area contributed by atoms with Gasteiger partial charge in [-0.1, -0.05) is 35.5 Å². The van der Waals surface area contributed by atoms with Gasteiger partial charge in [-0.3, -0.25) is 14.9 Å². The molecule has 0 aliphatic carbocycles. The molecule has 1 aliphatic rings. The highest BCUT2D eigenvalue weighted by atomic mass is 32.2. The highest BCUT2D eigenvalue weighted by Crippen LogP contribution is 2.35. The summed E-state index contributed by atoms with van der Waals surface area (Å²) >= 11 is 1.30. The van der Waals surface area contributed by atoms with Crippen LogP contribution < -0.4 is 0 Å². The standard InChI is InChI=1S/C21H19N3O4S/c1-15-2-5-18(6-3-15)29-20-7-4-16(13-19(20)24(26)27)12-17(14-22)21(25)23-8-10-28-11-9-23/h2-7,12-13H,8-11H2,1H3/b17-12-. The third-order valence-electron chi connectivity index (χ3n) is 4.39. The highest BCUT2D eigenvalue weighted by molar-refractivity contribution is 7.99. The Balaban J connectivity index is 1.87. The zero-order chi connectivity index (χ0) is 20.8. The number of nitro groups is 1. The Kier molecular flexibility index (Phi) is 6.65. The van der Waals surface area contributed by atoms with Crippen LogP contribution in [-0.2, 0) is 9.53 Å². The van der Waals surface area contributed by atoms with Gasteiger partial charge in [0.15, 0.2) is 0 Å². The fourth-order valence-corrected chi connectivity index (χ4v) is 3.73. The number of nitro benzene ring substituents is 1. The smallest absolute Gasteiger partial charge is 0.283 e. The third-order valence-corrected chi connectivity index (χ3v) is 5.46. The molecule has 0 bridgehead atoms. The SMILES string of the molecule is Cc1ccc(Sc2ccc(/C=C(/C#N)C(=O)N3CCOCC3)cc2[N+](=O)[O-])cc1. The maximum atomic E-state index is 12.5. The van der Waals surface area contributed by atoms with E-state index in [1.54, 1.807) is 17.0 Å². The molecule has 0 spiro atoms. The largest absolute Gasteiger partial charge is 0.378 e. The lowest BCUT2D eigenvalue weighted by molar-refractivity contribution is -0.387. The van der Waals surface area contributed by atoms with Gasteiger partial charge in [-0.05, 0) is 36.8 Å². The van der Waals surface area contributed by atoms with Gasteiger partial charge in [-0.2, -0.15) is 5.26 Å². The molecule has 0 N–H and O–H groups in total. The summed E-state index contributed by atoms with van der Waals surface area (Å²) in [5.74, 6) is -0.392. The Morgan fingerprint density at radius 2 is 1.93 bits per heavy atom. The number of benzene rings is 2. The first-order valence-corrected chi connectivity index (χ1v) is 9.81. The van der Waals surface area contributed by atoms with Crippen LogP contribution >= 0.6 is 11.8 Å². The fourth-order valence-electron chi connectivity index (χ4n) is 2.83. The molecular formula is C21H19N3O4S. The summed E-state index contributed by atoms with van der Waals surface area (Å²) in [6.45, 7) is 3.68. The van der Waals surface area contributed by atoms with Crippen molar-refractivity contribution in [2.75, 3.05) is 26.3 Å². The number of rotatable bonds is 5. The second-order valence-electron chi connectivity index (χ2n) is 6.47. The van der Waals surface area contributed by atoms with E-state index in [4.69, 9.17) is 4.74 Å². The number of carbonyl (C=O) groups is 1. The molecule has 2 aromatic rings. The normalized spacial score (nSPS) is 14.3. The predicted molar refractivity (Wildman–Crippen MR) is 109 cm³/mol. The van der Waals surface area contributed by atoms with Crippen LogP contribution in [0.15, 0.2) is 57.8 Å². The molecule has 1 aliphatic heterocycles. The van der Waals surface area contributed by atoms with Gasteiger partial charge in [0, 0.05) is 24.1 Å². The molecule has 1 amide bonds. The molecule has 0 radical (unpaired) electrons. The molecule has 1 saturated heterocycles. The van der Waals surface area contributed by atoms with Crippen LogP contribution in [-0.4, -0.2) is 42.0 Å². The van der Waals surface area contributed by atoms with E-state index in [0.717, 1.165) is 10.5 Å². The molecule has 148 valence electrons. The van der Waals surface area contributed by atoms with Crippen molar-refractivity contribution in [2.24, 2.45) is 0 Å². The molecule has 0 aromatic heterocycles. The molecule has 29 heavy (non-hydrogen) atoms. The lowest BCUT2D eigenvalue weighted by atomic mass is 10.1. The second kappa shape index (κ2) is 9.37. The van der Waals surface area contributed by atoms with E-state index in [2.05, 4.69) is 0 Å². The summed E-state index contributed by atoms with van der Waals surface area (Å²) in [4.78, 5) is 26.6. The number of amides is 1. The summed E-state index contributed by atoms with van der Waals surface area (Å²) in [6.07, 6.45) is 1.39. The Bertz CT molecular complexity index is 990. The lowest BCUT2D eigenvalue weighted by Gasteiger charge is -2.26. The summed E-state index contributed by atoms with van der Waals surface area (Å²) in [6, 6.07) is 14.3. The summed E-state index contributed by atoms with van der Waals surface area (Å²) in [7, 11) is 0. The van der Waals surface area contributed by atoms with Gasteiger partial charge in [0.2, 0.25) is 0 Å². The van der Waals surface area contributed by atoms with E-state index in [1.807, 2.05) is 37.3 Å². The number of nitriles is 1. The van der Waals surface area contributed by atoms with E-state index in [9.17, 15) is 20.2 Å². The van der Waals surface area contributed by atoms with Crippen molar-refractivity contribution in [3.8, 4) is 6.07 Å². The molecule has 1 fully saturated rings. The van der Waals surface area contributed by atoms with Gasteiger partial charge in [0.25, 0.3) is 11.6 Å². The number of carbonyl (C=O) groups excluding carboxylic acids is 1. The Hall–Kier alpha value is -3.15. The highest BCUT2D eigenvalue weighted by Gasteiger charge is 2.21. The number of hydrogen-bond donors (Lipinski definition) is 0. The lowest BCUT2D eigenvalue weighted by Crippen LogP contribution is -2.41. The maximum absolute atomic E-state index is 12.5. The van der Waals surface area contributed by atoms with Gasteiger partial charge in [0.1, 0.15) is 11.6 Å². The number of morpholine rings is 1. The van der Waals surface area contributed by atoms with Crippen LogP contribution in [0.25, 0.3) is 6.08 Å². The van der Waals surface area contributed by atoms with Gasteiger partial charge in [-0.25, -0.2) is 0 Å². The minimum Gasteiger partial charge on any atom is -0.378 e. The number of nitrogens with zero attached hydrogens (tertiary/aromatic N) is 3. The molecule has 2 aromatic carbocycles. The first-order valence-electron chi connectivity index (χ1n) is 8.99. The van der Waals surface area contributed by atoms with Crippen molar-refractivity contribution in [3.63, 3.8) is 0 Å². The van der Waals surface area contributed by atoms with Crippen LogP contribution in [0.2, 0.25) is 0 Å². The topological polar surface area (TPSA) is 96.5 Å². The average molecular weight is 409 g/mol. The predicted octanol–water partition coefficient (Wildman–Crippen LogP) is 3.82. The van der Waals surface area contributed by atoms with E-state index in [-0.39, 0.29) is 11.3 Å². The van der Waals surface area contributed by atoms with Crippen LogP contribution in [0.1, 0.15) is 11.1 Å². The number of hydrogen-bond acceptors (Lipinski definition) is 6. The zero-order valence-corrected chi connectivity index (χ0v) is 16.6. The minimum absolute atomic E-state index is 0.0554.